The number of methoxy groups -OCH3 is 1. The Labute approximate surface area is 140 Å². The molecule has 0 heterocycles. The van der Waals surface area contributed by atoms with Gasteiger partial charge in [-0.1, -0.05) is 24.3 Å². The zero-order chi connectivity index (χ0) is 17.4. The molecule has 4 nitrogen and oxygen atoms in total. The first-order valence-electron chi connectivity index (χ1n) is 7.65. The highest BCUT2D eigenvalue weighted by atomic mass is 19.3. The summed E-state index contributed by atoms with van der Waals surface area (Å²) in [4.78, 5) is 0. The van der Waals surface area contributed by atoms with E-state index in [0.29, 0.717) is 19.8 Å². The highest BCUT2D eigenvalue weighted by molar-refractivity contribution is 5.52. The Morgan fingerprint density at radius 1 is 1.08 bits per heavy atom. The molecule has 0 saturated carbocycles. The maximum Gasteiger partial charge on any atom is 0.387 e. The fraction of sp³-hybridized carbons (Fsp3) is 0.333. The minimum Gasteiger partial charge on any atom is -0.493 e. The highest BCUT2D eigenvalue weighted by Crippen LogP contribution is 2.30. The summed E-state index contributed by atoms with van der Waals surface area (Å²) in [5.74, 6) is 0.296. The molecule has 2 aromatic carbocycles. The van der Waals surface area contributed by atoms with Crippen molar-refractivity contribution in [2.24, 2.45) is 0 Å². The minimum absolute atomic E-state index is 0.0226. The fourth-order valence-electron chi connectivity index (χ4n) is 2.25. The summed E-state index contributed by atoms with van der Waals surface area (Å²) in [6.45, 7) is 0.669. The smallest absolute Gasteiger partial charge is 0.387 e. The number of hydrogen-bond acceptors (Lipinski definition) is 4. The number of benzene rings is 2. The summed E-state index contributed by atoms with van der Waals surface area (Å²) in [6.07, 6.45) is 0. The van der Waals surface area contributed by atoms with Crippen molar-refractivity contribution in [2.75, 3.05) is 19.0 Å². The molecular weight excluding hydrogens is 316 g/mol. The molecule has 0 atom stereocenters. The van der Waals surface area contributed by atoms with Crippen molar-refractivity contribution < 1.29 is 23.0 Å². The van der Waals surface area contributed by atoms with Gasteiger partial charge in [0, 0.05) is 24.4 Å². The third kappa shape index (κ3) is 5.09. The van der Waals surface area contributed by atoms with Gasteiger partial charge < -0.3 is 19.5 Å². The van der Waals surface area contributed by atoms with Crippen LogP contribution in [0.15, 0.2) is 42.5 Å². The van der Waals surface area contributed by atoms with Gasteiger partial charge in [-0.2, -0.15) is 8.78 Å². The van der Waals surface area contributed by atoms with E-state index in [1.165, 1.54) is 7.11 Å². The van der Waals surface area contributed by atoms with Gasteiger partial charge in [-0.05, 0) is 30.7 Å². The zero-order valence-electron chi connectivity index (χ0n) is 13.7. The van der Waals surface area contributed by atoms with E-state index in [0.717, 1.165) is 16.8 Å². The van der Waals surface area contributed by atoms with Crippen LogP contribution in [-0.4, -0.2) is 20.3 Å². The topological polar surface area (TPSA) is 39.7 Å². The average Bonchev–Trinajstić information content (AvgIpc) is 2.58. The van der Waals surface area contributed by atoms with E-state index >= 15 is 0 Å². The van der Waals surface area contributed by atoms with Crippen molar-refractivity contribution in [3.05, 3.63) is 53.6 Å². The lowest BCUT2D eigenvalue weighted by atomic mass is 10.1. The first kappa shape index (κ1) is 18.0. The average molecular weight is 337 g/mol. The normalized spacial score (nSPS) is 10.7. The Morgan fingerprint density at radius 2 is 1.88 bits per heavy atom. The molecule has 6 heteroatoms. The molecule has 0 amide bonds. The molecule has 130 valence electrons. The SMILES string of the molecule is CCOCc1ccccc1NCc1ccc(OC)c(OC(F)F)c1. The van der Waals surface area contributed by atoms with E-state index in [1.807, 2.05) is 31.2 Å². The zero-order valence-corrected chi connectivity index (χ0v) is 13.7. The van der Waals surface area contributed by atoms with Crippen LogP contribution in [0.25, 0.3) is 0 Å². The Bertz CT molecular complexity index is 650. The second-order valence-electron chi connectivity index (χ2n) is 5.01. The number of halogens is 2. The maximum absolute atomic E-state index is 12.5. The summed E-state index contributed by atoms with van der Waals surface area (Å²) < 4.78 is 39.9. The van der Waals surface area contributed by atoms with Gasteiger partial charge in [0.25, 0.3) is 0 Å². The molecule has 2 aromatic rings. The molecule has 0 aliphatic rings. The van der Waals surface area contributed by atoms with Crippen LogP contribution in [-0.2, 0) is 17.9 Å². The molecule has 1 N–H and O–H groups in total. The van der Waals surface area contributed by atoms with E-state index in [1.54, 1.807) is 18.2 Å². The van der Waals surface area contributed by atoms with Gasteiger partial charge in [0.2, 0.25) is 0 Å². The van der Waals surface area contributed by atoms with Crippen LogP contribution in [0, 0.1) is 0 Å². The molecule has 0 aromatic heterocycles. The molecule has 24 heavy (non-hydrogen) atoms. The van der Waals surface area contributed by atoms with Crippen LogP contribution >= 0.6 is 0 Å². The quantitative estimate of drug-likeness (QED) is 0.734. The number of para-hydroxylation sites is 1. The predicted molar refractivity (Wildman–Crippen MR) is 88.7 cm³/mol. The second-order valence-corrected chi connectivity index (χ2v) is 5.01. The number of rotatable bonds is 9. The van der Waals surface area contributed by atoms with Gasteiger partial charge in [0.1, 0.15) is 0 Å². The first-order valence-corrected chi connectivity index (χ1v) is 7.65. The highest BCUT2D eigenvalue weighted by Gasteiger charge is 2.11. The van der Waals surface area contributed by atoms with Gasteiger partial charge in [0.15, 0.2) is 11.5 Å². The van der Waals surface area contributed by atoms with Crippen LogP contribution in [0.5, 0.6) is 11.5 Å². The van der Waals surface area contributed by atoms with E-state index in [2.05, 4.69) is 10.1 Å². The Morgan fingerprint density at radius 3 is 2.58 bits per heavy atom. The minimum atomic E-state index is -2.89. The van der Waals surface area contributed by atoms with Crippen LogP contribution < -0.4 is 14.8 Å². The van der Waals surface area contributed by atoms with Crippen LogP contribution in [0.3, 0.4) is 0 Å². The number of alkyl halides is 2. The van der Waals surface area contributed by atoms with Crippen molar-refractivity contribution in [3.8, 4) is 11.5 Å². The third-order valence-electron chi connectivity index (χ3n) is 3.41. The maximum atomic E-state index is 12.5. The lowest BCUT2D eigenvalue weighted by molar-refractivity contribution is -0.0512. The number of nitrogens with one attached hydrogen (secondary N) is 1. The summed E-state index contributed by atoms with van der Waals surface area (Å²) in [5.41, 5.74) is 2.78. The second kappa shape index (κ2) is 9.08. The van der Waals surface area contributed by atoms with Crippen molar-refractivity contribution in [1.29, 1.82) is 0 Å². The van der Waals surface area contributed by atoms with Crippen LogP contribution in [0.4, 0.5) is 14.5 Å². The lowest BCUT2D eigenvalue weighted by Gasteiger charge is -2.14. The van der Waals surface area contributed by atoms with Gasteiger partial charge >= 0.3 is 6.61 Å². The van der Waals surface area contributed by atoms with E-state index < -0.39 is 6.61 Å². The summed E-state index contributed by atoms with van der Waals surface area (Å²) >= 11 is 0. The predicted octanol–water partition coefficient (Wildman–Crippen LogP) is 4.45. The molecule has 0 radical (unpaired) electrons. The monoisotopic (exact) mass is 337 g/mol. The van der Waals surface area contributed by atoms with Gasteiger partial charge in [-0.25, -0.2) is 0 Å². The fourth-order valence-corrected chi connectivity index (χ4v) is 2.25. The molecule has 0 aliphatic heterocycles. The molecular formula is C18H21F2NO3. The first-order chi connectivity index (χ1) is 11.6. The van der Waals surface area contributed by atoms with Gasteiger partial charge in [-0.15, -0.1) is 0 Å². The molecule has 0 bridgehead atoms. The van der Waals surface area contributed by atoms with Gasteiger partial charge in [-0.3, -0.25) is 0 Å². The largest absolute Gasteiger partial charge is 0.493 e. The Hall–Kier alpha value is -2.34. The van der Waals surface area contributed by atoms with Gasteiger partial charge in [0.05, 0.1) is 13.7 Å². The lowest BCUT2D eigenvalue weighted by Crippen LogP contribution is -2.06. The standard InChI is InChI=1S/C18H21F2NO3/c1-3-23-12-14-6-4-5-7-15(14)21-11-13-8-9-16(22-2)17(10-13)24-18(19)20/h4-10,18,21H,3,11-12H2,1-2H3. The van der Waals surface area contributed by atoms with Crippen molar-refractivity contribution in [1.82, 2.24) is 0 Å². The van der Waals surface area contributed by atoms with Crippen LogP contribution in [0.2, 0.25) is 0 Å². The molecule has 2 rings (SSSR count). The molecule has 0 spiro atoms. The summed E-state index contributed by atoms with van der Waals surface area (Å²) in [7, 11) is 1.41. The molecule has 0 fully saturated rings. The van der Waals surface area contributed by atoms with E-state index in [9.17, 15) is 8.78 Å². The van der Waals surface area contributed by atoms with Crippen molar-refractivity contribution in [2.45, 2.75) is 26.7 Å². The summed E-state index contributed by atoms with van der Waals surface area (Å²) in [6, 6.07) is 12.8. The van der Waals surface area contributed by atoms with E-state index in [-0.39, 0.29) is 11.5 Å². The van der Waals surface area contributed by atoms with Crippen molar-refractivity contribution in [3.63, 3.8) is 0 Å². The molecule has 0 aliphatic carbocycles. The Kier molecular flexibility index (Phi) is 6.81. The van der Waals surface area contributed by atoms with Crippen LogP contribution in [0.1, 0.15) is 18.1 Å². The Balaban J connectivity index is 2.09. The van der Waals surface area contributed by atoms with E-state index in [4.69, 9.17) is 9.47 Å². The summed E-state index contributed by atoms with van der Waals surface area (Å²) in [5, 5.41) is 3.29. The van der Waals surface area contributed by atoms with Crippen molar-refractivity contribution >= 4 is 5.69 Å². The molecule has 0 unspecified atom stereocenters. The number of anilines is 1. The number of ether oxygens (including phenoxy) is 3. The third-order valence-corrected chi connectivity index (χ3v) is 3.41. The number of hydrogen-bond donors (Lipinski definition) is 1. The molecule has 0 saturated heterocycles.